The van der Waals surface area contributed by atoms with Gasteiger partial charge in [0.25, 0.3) is 0 Å². The minimum absolute atomic E-state index is 0.422. The van der Waals surface area contributed by atoms with E-state index in [1.54, 1.807) is 12.4 Å². The minimum Gasteiger partial charge on any atom is -0.326 e. The van der Waals surface area contributed by atoms with Gasteiger partial charge >= 0.3 is 0 Å². The van der Waals surface area contributed by atoms with Crippen LogP contribution in [0, 0.1) is 0 Å². The molecule has 0 atom stereocenters. The number of nitrogens with two attached hydrogens (primary N) is 1. The largest absolute Gasteiger partial charge is 0.326 e. The number of halogens is 2. The second-order valence-corrected chi connectivity index (χ2v) is 3.03. The van der Waals surface area contributed by atoms with Gasteiger partial charge in [-0.05, 0) is 15.9 Å². The Bertz CT molecular complexity index is 239. The van der Waals surface area contributed by atoms with E-state index in [4.69, 9.17) is 17.3 Å². The zero-order valence-electron chi connectivity index (χ0n) is 5.14. The maximum Gasteiger partial charge on any atom is 0.0623 e. The molecular formula is C6H6BrClN2. The molecule has 0 aliphatic heterocycles. The molecule has 0 aromatic carbocycles. The molecule has 0 bridgehead atoms. The molecule has 0 radical (unpaired) electrons. The third kappa shape index (κ3) is 1.48. The highest BCUT2D eigenvalue weighted by molar-refractivity contribution is 9.10. The standard InChI is InChI=1S/C6H6BrClN2/c7-5-3-10-2-4(1-9)6(5)8/h2-3H,1,9H2. The van der Waals surface area contributed by atoms with Crippen molar-refractivity contribution in [3.05, 3.63) is 27.5 Å². The molecule has 1 aromatic rings. The SMILES string of the molecule is NCc1cncc(Br)c1Cl. The van der Waals surface area contributed by atoms with Crippen molar-refractivity contribution in [1.29, 1.82) is 0 Å². The third-order valence-electron chi connectivity index (χ3n) is 1.13. The van der Waals surface area contributed by atoms with Crippen LogP contribution in [-0.4, -0.2) is 4.98 Å². The van der Waals surface area contributed by atoms with Crippen LogP contribution in [0.15, 0.2) is 16.9 Å². The number of rotatable bonds is 1. The molecule has 0 saturated heterocycles. The van der Waals surface area contributed by atoms with Gasteiger partial charge in [0.1, 0.15) is 0 Å². The lowest BCUT2D eigenvalue weighted by molar-refractivity contribution is 1.04. The van der Waals surface area contributed by atoms with Crippen LogP contribution in [0.1, 0.15) is 5.56 Å². The first-order chi connectivity index (χ1) is 4.75. The maximum atomic E-state index is 5.83. The summed E-state index contributed by atoms with van der Waals surface area (Å²) in [5.74, 6) is 0. The van der Waals surface area contributed by atoms with E-state index in [1.165, 1.54) is 0 Å². The molecule has 0 fully saturated rings. The van der Waals surface area contributed by atoms with Crippen molar-refractivity contribution in [1.82, 2.24) is 4.98 Å². The summed E-state index contributed by atoms with van der Waals surface area (Å²) in [6.45, 7) is 0.422. The fraction of sp³-hybridized carbons (Fsp3) is 0.167. The Morgan fingerprint density at radius 2 is 2.30 bits per heavy atom. The van der Waals surface area contributed by atoms with Crippen LogP contribution < -0.4 is 5.73 Å². The first-order valence-corrected chi connectivity index (χ1v) is 3.90. The molecule has 0 spiro atoms. The van der Waals surface area contributed by atoms with E-state index < -0.39 is 0 Å². The first kappa shape index (κ1) is 7.98. The van der Waals surface area contributed by atoms with E-state index in [2.05, 4.69) is 20.9 Å². The summed E-state index contributed by atoms with van der Waals surface area (Å²) in [6, 6.07) is 0. The van der Waals surface area contributed by atoms with Crippen LogP contribution >= 0.6 is 27.5 Å². The van der Waals surface area contributed by atoms with Crippen molar-refractivity contribution < 1.29 is 0 Å². The second-order valence-electron chi connectivity index (χ2n) is 1.80. The highest BCUT2D eigenvalue weighted by Gasteiger charge is 2.01. The molecule has 0 aliphatic carbocycles. The van der Waals surface area contributed by atoms with Crippen molar-refractivity contribution in [2.75, 3.05) is 0 Å². The molecule has 0 unspecified atom stereocenters. The zero-order chi connectivity index (χ0) is 7.56. The van der Waals surface area contributed by atoms with Crippen molar-refractivity contribution >= 4 is 27.5 Å². The molecule has 10 heavy (non-hydrogen) atoms. The minimum atomic E-state index is 0.422. The first-order valence-electron chi connectivity index (χ1n) is 2.73. The van der Waals surface area contributed by atoms with Gasteiger partial charge in [0.2, 0.25) is 0 Å². The summed E-state index contributed by atoms with van der Waals surface area (Å²) in [5.41, 5.74) is 6.23. The average Bonchev–Trinajstić information content (AvgIpc) is 1.95. The Morgan fingerprint density at radius 3 is 2.80 bits per heavy atom. The van der Waals surface area contributed by atoms with E-state index in [-0.39, 0.29) is 0 Å². The van der Waals surface area contributed by atoms with Gasteiger partial charge in [-0.25, -0.2) is 0 Å². The van der Waals surface area contributed by atoms with Gasteiger partial charge in [0.15, 0.2) is 0 Å². The summed E-state index contributed by atoms with van der Waals surface area (Å²) < 4.78 is 0.789. The highest BCUT2D eigenvalue weighted by Crippen LogP contribution is 2.23. The van der Waals surface area contributed by atoms with Crippen LogP contribution in [0.3, 0.4) is 0 Å². The molecule has 4 heteroatoms. The highest BCUT2D eigenvalue weighted by atomic mass is 79.9. The summed E-state index contributed by atoms with van der Waals surface area (Å²) in [4.78, 5) is 3.90. The van der Waals surface area contributed by atoms with Gasteiger partial charge in [-0.3, -0.25) is 4.98 Å². The average molecular weight is 221 g/mol. The molecular weight excluding hydrogens is 215 g/mol. The topological polar surface area (TPSA) is 38.9 Å². The number of aromatic nitrogens is 1. The third-order valence-corrected chi connectivity index (χ3v) is 2.41. The van der Waals surface area contributed by atoms with E-state index in [1.807, 2.05) is 0 Å². The fourth-order valence-corrected chi connectivity index (χ4v) is 1.15. The monoisotopic (exact) mass is 220 g/mol. The molecule has 1 aromatic heterocycles. The summed E-state index contributed by atoms with van der Waals surface area (Å²) in [7, 11) is 0. The molecule has 2 N–H and O–H groups in total. The summed E-state index contributed by atoms with van der Waals surface area (Å²) in [6.07, 6.45) is 3.30. The van der Waals surface area contributed by atoms with Crippen molar-refractivity contribution in [2.24, 2.45) is 5.73 Å². The molecule has 0 amide bonds. The van der Waals surface area contributed by atoms with Crippen LogP contribution in [0.5, 0.6) is 0 Å². The normalized spacial score (nSPS) is 9.90. The van der Waals surface area contributed by atoms with Gasteiger partial charge in [0, 0.05) is 24.5 Å². The number of nitrogens with zero attached hydrogens (tertiary/aromatic N) is 1. The number of hydrogen-bond acceptors (Lipinski definition) is 2. The summed E-state index contributed by atoms with van der Waals surface area (Å²) in [5, 5.41) is 0.650. The van der Waals surface area contributed by atoms with Crippen LogP contribution in [0.4, 0.5) is 0 Å². The number of hydrogen-bond donors (Lipinski definition) is 1. The Balaban J connectivity index is 3.14. The number of pyridine rings is 1. The zero-order valence-corrected chi connectivity index (χ0v) is 7.48. The molecule has 54 valence electrons. The lowest BCUT2D eigenvalue weighted by Gasteiger charge is -1.99. The van der Waals surface area contributed by atoms with Crippen LogP contribution in [0.2, 0.25) is 5.02 Å². The lowest BCUT2D eigenvalue weighted by Crippen LogP contribution is -1.97. The Labute approximate surface area is 72.5 Å². The van der Waals surface area contributed by atoms with Crippen LogP contribution in [-0.2, 0) is 6.54 Å². The molecule has 0 saturated carbocycles. The van der Waals surface area contributed by atoms with Gasteiger partial charge < -0.3 is 5.73 Å². The predicted octanol–water partition coefficient (Wildman–Crippen LogP) is 1.96. The van der Waals surface area contributed by atoms with Gasteiger partial charge in [-0.2, -0.15) is 0 Å². The van der Waals surface area contributed by atoms with Crippen molar-refractivity contribution in [3.63, 3.8) is 0 Å². The Kier molecular flexibility index (Phi) is 2.65. The molecule has 1 rings (SSSR count). The van der Waals surface area contributed by atoms with Gasteiger partial charge in [-0.15, -0.1) is 0 Å². The molecule has 2 nitrogen and oxygen atoms in total. The smallest absolute Gasteiger partial charge is 0.0623 e. The Morgan fingerprint density at radius 1 is 1.60 bits per heavy atom. The van der Waals surface area contributed by atoms with Gasteiger partial charge in [0.05, 0.1) is 9.50 Å². The van der Waals surface area contributed by atoms with E-state index >= 15 is 0 Å². The Hall–Kier alpha value is -0.120. The predicted molar refractivity (Wildman–Crippen MR) is 44.8 cm³/mol. The lowest BCUT2D eigenvalue weighted by atomic mass is 10.3. The van der Waals surface area contributed by atoms with Crippen molar-refractivity contribution in [3.8, 4) is 0 Å². The van der Waals surface area contributed by atoms with Gasteiger partial charge in [-0.1, -0.05) is 11.6 Å². The fourth-order valence-electron chi connectivity index (χ4n) is 0.602. The molecule has 0 aliphatic rings. The van der Waals surface area contributed by atoms with E-state index in [0.29, 0.717) is 11.6 Å². The van der Waals surface area contributed by atoms with Crippen molar-refractivity contribution in [2.45, 2.75) is 6.54 Å². The molecule has 1 heterocycles. The second kappa shape index (κ2) is 3.32. The summed E-state index contributed by atoms with van der Waals surface area (Å²) >= 11 is 9.06. The maximum absolute atomic E-state index is 5.83. The van der Waals surface area contributed by atoms with E-state index in [9.17, 15) is 0 Å². The quantitative estimate of drug-likeness (QED) is 0.787. The van der Waals surface area contributed by atoms with Crippen LogP contribution in [0.25, 0.3) is 0 Å². The van der Waals surface area contributed by atoms with E-state index in [0.717, 1.165) is 10.0 Å².